The van der Waals surface area contributed by atoms with E-state index in [4.69, 9.17) is 0 Å². The van der Waals surface area contributed by atoms with Crippen LogP contribution in [-0.4, -0.2) is 61.5 Å². The van der Waals surface area contributed by atoms with Gasteiger partial charge in [-0.3, -0.25) is 4.79 Å². The van der Waals surface area contributed by atoms with Gasteiger partial charge in [0.2, 0.25) is 5.91 Å². The predicted octanol–water partition coefficient (Wildman–Crippen LogP) is 0.322. The molecule has 110 valence electrons. The molecule has 1 atom stereocenters. The smallest absolute Gasteiger partial charge is 0.226 e. The highest BCUT2D eigenvalue weighted by Crippen LogP contribution is 2.25. The van der Waals surface area contributed by atoms with Crippen LogP contribution in [0.5, 0.6) is 0 Å². The van der Waals surface area contributed by atoms with Crippen LogP contribution in [0.2, 0.25) is 0 Å². The minimum absolute atomic E-state index is 0.00101. The number of nitrogens with zero attached hydrogens (tertiary/aromatic N) is 1. The number of hydrogen-bond acceptors (Lipinski definition) is 5. The molecule has 5 nitrogen and oxygen atoms in total. The minimum Gasteiger partial charge on any atom is -0.324 e. The molecule has 2 rings (SSSR count). The Balaban J connectivity index is 2.12. The largest absolute Gasteiger partial charge is 0.324 e. The Kier molecular flexibility index (Phi) is 5.14. The third kappa shape index (κ3) is 3.44. The van der Waals surface area contributed by atoms with Gasteiger partial charge in [-0.25, -0.2) is 8.42 Å². The third-order valence-corrected chi connectivity index (χ3v) is 7.16. The van der Waals surface area contributed by atoms with Crippen LogP contribution >= 0.6 is 11.8 Å². The van der Waals surface area contributed by atoms with Gasteiger partial charge in [0.15, 0.2) is 9.84 Å². The lowest BCUT2D eigenvalue weighted by molar-refractivity contribution is -0.136. The molecule has 2 heterocycles. The van der Waals surface area contributed by atoms with E-state index < -0.39 is 15.2 Å². The second-order valence-electron chi connectivity index (χ2n) is 5.04. The molecule has 2 fully saturated rings. The number of thioether (sulfide) groups is 1. The average Bonchev–Trinajstić information content (AvgIpc) is 2.47. The molecule has 0 spiro atoms. The summed E-state index contributed by atoms with van der Waals surface area (Å²) in [6.07, 6.45) is 1.64. The summed E-state index contributed by atoms with van der Waals surface area (Å²) in [4.78, 5) is 14.2. The molecule has 2 aliphatic rings. The summed E-state index contributed by atoms with van der Waals surface area (Å²) in [5.74, 6) is 1.51. The van der Waals surface area contributed by atoms with E-state index in [1.165, 1.54) is 0 Å². The zero-order chi connectivity index (χ0) is 13.9. The monoisotopic (exact) mass is 306 g/mol. The molecule has 2 saturated heterocycles. The Bertz CT molecular complexity index is 419. The second-order valence-corrected chi connectivity index (χ2v) is 8.63. The Morgan fingerprint density at radius 1 is 1.37 bits per heavy atom. The Morgan fingerprint density at radius 2 is 2.05 bits per heavy atom. The summed E-state index contributed by atoms with van der Waals surface area (Å²) < 4.78 is 24.3. The zero-order valence-corrected chi connectivity index (χ0v) is 12.9. The van der Waals surface area contributed by atoms with Gasteiger partial charge in [-0.15, -0.1) is 0 Å². The topological polar surface area (TPSA) is 66.5 Å². The number of sulfone groups is 1. The maximum absolute atomic E-state index is 12.6. The summed E-state index contributed by atoms with van der Waals surface area (Å²) >= 11 is 1.63. The Hall–Kier alpha value is -0.270. The van der Waals surface area contributed by atoms with Crippen LogP contribution in [0.3, 0.4) is 0 Å². The molecule has 2 aliphatic heterocycles. The Labute approximate surface area is 119 Å². The van der Waals surface area contributed by atoms with Crippen LogP contribution in [0, 0.1) is 5.92 Å². The van der Waals surface area contributed by atoms with Crippen LogP contribution in [0.15, 0.2) is 0 Å². The number of rotatable bonds is 3. The molecule has 19 heavy (non-hydrogen) atoms. The van der Waals surface area contributed by atoms with Gasteiger partial charge < -0.3 is 10.2 Å². The van der Waals surface area contributed by atoms with Crippen LogP contribution in [-0.2, 0) is 14.6 Å². The highest BCUT2D eigenvalue weighted by Gasteiger charge is 2.38. The maximum atomic E-state index is 12.6. The molecule has 0 saturated carbocycles. The number of piperidine rings is 1. The van der Waals surface area contributed by atoms with Crippen LogP contribution in [0.4, 0.5) is 0 Å². The molecule has 0 radical (unpaired) electrons. The molecule has 0 aliphatic carbocycles. The molecule has 1 unspecified atom stereocenters. The minimum atomic E-state index is -3.19. The molecule has 0 bridgehead atoms. The molecule has 0 aromatic rings. The molecule has 1 amide bonds. The third-order valence-electron chi connectivity index (χ3n) is 3.87. The van der Waals surface area contributed by atoms with Gasteiger partial charge in [0.1, 0.15) is 5.37 Å². The van der Waals surface area contributed by atoms with Crippen molar-refractivity contribution in [1.82, 2.24) is 10.2 Å². The lowest BCUT2D eigenvalue weighted by Gasteiger charge is -2.37. The summed E-state index contributed by atoms with van der Waals surface area (Å²) in [7, 11) is -3.19. The lowest BCUT2D eigenvalue weighted by atomic mass is 9.96. The molecular formula is C12H22N2O3S2. The number of hydrogen-bond donors (Lipinski definition) is 1. The van der Waals surface area contributed by atoms with E-state index in [0.717, 1.165) is 31.7 Å². The summed E-state index contributed by atoms with van der Waals surface area (Å²) in [5.41, 5.74) is 0. The SMILES string of the molecule is CCS(=O)(=O)C1CSCCN1C(=O)C1CCNCC1. The van der Waals surface area contributed by atoms with E-state index in [1.54, 1.807) is 23.6 Å². The first kappa shape index (κ1) is 15.1. The van der Waals surface area contributed by atoms with Gasteiger partial charge in [-0.05, 0) is 25.9 Å². The van der Waals surface area contributed by atoms with Crippen molar-refractivity contribution in [2.75, 3.05) is 36.9 Å². The van der Waals surface area contributed by atoms with E-state index in [-0.39, 0.29) is 17.6 Å². The standard InChI is InChI=1S/C12H22N2O3S2/c1-2-19(16,17)11-9-18-8-7-14(11)12(15)10-3-5-13-6-4-10/h10-11,13H,2-9H2,1H3. The number of carbonyl (C=O) groups is 1. The van der Waals surface area contributed by atoms with E-state index in [1.807, 2.05) is 0 Å². The second kappa shape index (κ2) is 6.45. The first-order chi connectivity index (χ1) is 9.06. The highest BCUT2D eigenvalue weighted by molar-refractivity contribution is 8.01. The fourth-order valence-electron chi connectivity index (χ4n) is 2.63. The first-order valence-corrected chi connectivity index (χ1v) is 9.73. The summed E-state index contributed by atoms with van der Waals surface area (Å²) in [5, 5.41) is 2.62. The van der Waals surface area contributed by atoms with Gasteiger partial charge in [0.25, 0.3) is 0 Å². The summed E-state index contributed by atoms with van der Waals surface area (Å²) in [6.45, 7) is 3.92. The predicted molar refractivity (Wildman–Crippen MR) is 77.9 cm³/mol. The van der Waals surface area contributed by atoms with Gasteiger partial charge >= 0.3 is 0 Å². The molecule has 1 N–H and O–H groups in total. The quantitative estimate of drug-likeness (QED) is 0.813. The fraction of sp³-hybridized carbons (Fsp3) is 0.917. The van der Waals surface area contributed by atoms with Crippen molar-refractivity contribution in [3.05, 3.63) is 0 Å². The van der Waals surface area contributed by atoms with Crippen molar-refractivity contribution in [3.63, 3.8) is 0 Å². The molecule has 0 aromatic heterocycles. The number of carbonyl (C=O) groups excluding carboxylic acids is 1. The van der Waals surface area contributed by atoms with Crippen molar-refractivity contribution < 1.29 is 13.2 Å². The average molecular weight is 306 g/mol. The van der Waals surface area contributed by atoms with Crippen molar-refractivity contribution in [2.24, 2.45) is 5.92 Å². The van der Waals surface area contributed by atoms with Gasteiger partial charge in [-0.2, -0.15) is 11.8 Å². The number of amides is 1. The normalized spacial score (nSPS) is 26.4. The van der Waals surface area contributed by atoms with Crippen molar-refractivity contribution in [3.8, 4) is 0 Å². The van der Waals surface area contributed by atoms with Crippen molar-refractivity contribution >= 4 is 27.5 Å². The maximum Gasteiger partial charge on any atom is 0.226 e. The fourth-order valence-corrected chi connectivity index (χ4v) is 5.60. The van der Waals surface area contributed by atoms with E-state index in [0.29, 0.717) is 12.3 Å². The highest BCUT2D eigenvalue weighted by atomic mass is 32.2. The molecule has 7 heteroatoms. The van der Waals surface area contributed by atoms with E-state index >= 15 is 0 Å². The van der Waals surface area contributed by atoms with Gasteiger partial charge in [0.05, 0.1) is 0 Å². The van der Waals surface area contributed by atoms with Gasteiger partial charge in [-0.1, -0.05) is 6.92 Å². The van der Waals surface area contributed by atoms with E-state index in [9.17, 15) is 13.2 Å². The lowest BCUT2D eigenvalue weighted by Crippen LogP contribution is -2.53. The first-order valence-electron chi connectivity index (χ1n) is 6.86. The molecule has 0 aromatic carbocycles. The summed E-state index contributed by atoms with van der Waals surface area (Å²) in [6, 6.07) is 0. The van der Waals surface area contributed by atoms with Crippen molar-refractivity contribution in [2.45, 2.75) is 25.1 Å². The van der Waals surface area contributed by atoms with E-state index in [2.05, 4.69) is 5.32 Å². The van der Waals surface area contributed by atoms with Crippen LogP contribution in [0.1, 0.15) is 19.8 Å². The number of nitrogens with one attached hydrogen (secondary N) is 1. The van der Waals surface area contributed by atoms with Crippen molar-refractivity contribution in [1.29, 1.82) is 0 Å². The van der Waals surface area contributed by atoms with Crippen LogP contribution < -0.4 is 5.32 Å². The molecular weight excluding hydrogens is 284 g/mol. The zero-order valence-electron chi connectivity index (χ0n) is 11.3. The Morgan fingerprint density at radius 3 is 2.68 bits per heavy atom. The van der Waals surface area contributed by atoms with Crippen LogP contribution in [0.25, 0.3) is 0 Å². The van der Waals surface area contributed by atoms with Gasteiger partial charge in [0, 0.05) is 29.7 Å².